The first-order chi connectivity index (χ1) is 11.2. The maximum atomic E-state index is 11.6. The van der Waals surface area contributed by atoms with Crippen LogP contribution in [0.1, 0.15) is 18.4 Å². The van der Waals surface area contributed by atoms with Crippen LogP contribution >= 0.6 is 0 Å². The largest absolute Gasteiger partial charge is 0.497 e. The Labute approximate surface area is 137 Å². The van der Waals surface area contributed by atoms with Crippen LogP contribution in [0.4, 0.5) is 0 Å². The van der Waals surface area contributed by atoms with Gasteiger partial charge < -0.3 is 19.7 Å². The topological polar surface area (TPSA) is 63.2 Å². The molecule has 1 N–H and O–H groups in total. The molecule has 0 amide bonds. The molecule has 1 aromatic rings. The van der Waals surface area contributed by atoms with Crippen LogP contribution < -0.4 is 10.1 Å². The molecule has 1 fully saturated rings. The van der Waals surface area contributed by atoms with Crippen LogP contribution in [-0.2, 0) is 16.1 Å². The molecular weight excluding hydrogens is 294 g/mol. The predicted octanol–water partition coefficient (Wildman–Crippen LogP) is 1.66. The Bertz CT molecular complexity index is 535. The van der Waals surface area contributed by atoms with Gasteiger partial charge in [0.15, 0.2) is 5.96 Å². The first-order valence-electron chi connectivity index (χ1n) is 7.84. The van der Waals surface area contributed by atoms with Crippen molar-refractivity contribution in [2.45, 2.75) is 19.4 Å². The van der Waals surface area contributed by atoms with Gasteiger partial charge in [0.05, 0.1) is 20.1 Å². The number of rotatable bonds is 4. The first kappa shape index (κ1) is 17.1. The third-order valence-corrected chi connectivity index (χ3v) is 4.15. The number of methoxy groups -OCH3 is 2. The Balaban J connectivity index is 1.85. The van der Waals surface area contributed by atoms with Crippen LogP contribution in [0.15, 0.2) is 29.3 Å². The number of guanidine groups is 1. The molecule has 0 saturated carbocycles. The van der Waals surface area contributed by atoms with Crippen molar-refractivity contribution >= 4 is 11.9 Å². The highest BCUT2D eigenvalue weighted by Crippen LogP contribution is 2.18. The number of esters is 1. The monoisotopic (exact) mass is 319 g/mol. The lowest BCUT2D eigenvalue weighted by Gasteiger charge is -2.33. The average molecular weight is 319 g/mol. The van der Waals surface area contributed by atoms with E-state index < -0.39 is 0 Å². The van der Waals surface area contributed by atoms with E-state index in [9.17, 15) is 4.79 Å². The van der Waals surface area contributed by atoms with Gasteiger partial charge in [-0.05, 0) is 30.5 Å². The van der Waals surface area contributed by atoms with Crippen LogP contribution in [0, 0.1) is 5.92 Å². The maximum Gasteiger partial charge on any atom is 0.308 e. The Kier molecular flexibility index (Phi) is 6.26. The van der Waals surface area contributed by atoms with Crippen molar-refractivity contribution in [2.24, 2.45) is 10.9 Å². The molecule has 0 aliphatic carbocycles. The number of piperidine rings is 1. The molecule has 0 atom stereocenters. The Hall–Kier alpha value is -2.24. The standard InChI is InChI=1S/C17H25N3O3/c1-18-17(19-12-13-4-6-15(22-2)7-5-13)20-10-8-14(9-11-20)16(21)23-3/h4-7,14H,8-12H2,1-3H3,(H,18,19). The van der Waals surface area contributed by atoms with Crippen LogP contribution in [0.3, 0.4) is 0 Å². The van der Waals surface area contributed by atoms with Gasteiger partial charge >= 0.3 is 5.97 Å². The van der Waals surface area contributed by atoms with Crippen molar-refractivity contribution in [2.75, 3.05) is 34.4 Å². The summed E-state index contributed by atoms with van der Waals surface area (Å²) in [5.41, 5.74) is 1.16. The van der Waals surface area contributed by atoms with E-state index in [1.54, 1.807) is 14.2 Å². The second-order valence-electron chi connectivity index (χ2n) is 5.53. The van der Waals surface area contributed by atoms with Crippen LogP contribution in [0.5, 0.6) is 5.75 Å². The third kappa shape index (κ3) is 4.61. The van der Waals surface area contributed by atoms with E-state index in [1.807, 2.05) is 24.3 Å². The number of ether oxygens (including phenoxy) is 2. The number of benzene rings is 1. The minimum Gasteiger partial charge on any atom is -0.497 e. The lowest BCUT2D eigenvalue weighted by atomic mass is 9.97. The number of carbonyl (C=O) groups is 1. The molecule has 6 nitrogen and oxygen atoms in total. The van der Waals surface area contributed by atoms with E-state index in [2.05, 4.69) is 15.2 Å². The zero-order valence-electron chi connectivity index (χ0n) is 14.0. The van der Waals surface area contributed by atoms with Crippen LogP contribution in [0.2, 0.25) is 0 Å². The zero-order chi connectivity index (χ0) is 16.7. The molecule has 1 aliphatic rings. The van der Waals surface area contributed by atoms with Crippen molar-refractivity contribution in [3.8, 4) is 5.75 Å². The van der Waals surface area contributed by atoms with E-state index in [0.717, 1.165) is 43.2 Å². The van der Waals surface area contributed by atoms with Gasteiger partial charge in [0.25, 0.3) is 0 Å². The lowest BCUT2D eigenvalue weighted by molar-refractivity contribution is -0.146. The highest BCUT2D eigenvalue weighted by molar-refractivity contribution is 5.80. The fourth-order valence-corrected chi connectivity index (χ4v) is 2.75. The number of likely N-dealkylation sites (tertiary alicyclic amines) is 1. The van der Waals surface area contributed by atoms with Crippen LogP contribution in [-0.4, -0.2) is 51.2 Å². The molecule has 126 valence electrons. The predicted molar refractivity (Wildman–Crippen MR) is 89.5 cm³/mol. The number of carbonyl (C=O) groups excluding carboxylic acids is 1. The SMILES string of the molecule is CN=C(NCc1ccc(OC)cc1)N1CCC(C(=O)OC)CC1. The van der Waals surface area contributed by atoms with Crippen molar-refractivity contribution in [3.05, 3.63) is 29.8 Å². The lowest BCUT2D eigenvalue weighted by Crippen LogP contribution is -2.46. The smallest absolute Gasteiger partial charge is 0.308 e. The molecule has 0 aromatic heterocycles. The number of hydrogen-bond donors (Lipinski definition) is 1. The Morgan fingerprint density at radius 3 is 2.43 bits per heavy atom. The summed E-state index contributed by atoms with van der Waals surface area (Å²) in [4.78, 5) is 18.1. The van der Waals surface area contributed by atoms with Gasteiger partial charge in [0, 0.05) is 26.7 Å². The fraction of sp³-hybridized carbons (Fsp3) is 0.529. The molecule has 23 heavy (non-hydrogen) atoms. The molecule has 0 bridgehead atoms. The van der Waals surface area contributed by atoms with Gasteiger partial charge in [0.1, 0.15) is 5.75 Å². The molecular formula is C17H25N3O3. The summed E-state index contributed by atoms with van der Waals surface area (Å²) in [5, 5.41) is 3.37. The summed E-state index contributed by atoms with van der Waals surface area (Å²) in [6, 6.07) is 7.95. The van der Waals surface area contributed by atoms with Crippen molar-refractivity contribution < 1.29 is 14.3 Å². The molecule has 6 heteroatoms. The van der Waals surface area contributed by atoms with Gasteiger partial charge in [-0.25, -0.2) is 0 Å². The summed E-state index contributed by atoms with van der Waals surface area (Å²) < 4.78 is 9.98. The second-order valence-corrected chi connectivity index (χ2v) is 5.53. The number of nitrogens with zero attached hydrogens (tertiary/aromatic N) is 2. The summed E-state index contributed by atoms with van der Waals surface area (Å²) >= 11 is 0. The maximum absolute atomic E-state index is 11.6. The second kappa shape index (κ2) is 8.41. The third-order valence-electron chi connectivity index (χ3n) is 4.15. The minimum atomic E-state index is -0.106. The van der Waals surface area contributed by atoms with Crippen molar-refractivity contribution in [1.29, 1.82) is 0 Å². The minimum absolute atomic E-state index is 0.0101. The highest BCUT2D eigenvalue weighted by Gasteiger charge is 2.26. The van der Waals surface area contributed by atoms with Gasteiger partial charge in [0.2, 0.25) is 0 Å². The zero-order valence-corrected chi connectivity index (χ0v) is 14.0. The first-order valence-corrected chi connectivity index (χ1v) is 7.84. The summed E-state index contributed by atoms with van der Waals surface area (Å²) in [6.45, 7) is 2.32. The van der Waals surface area contributed by atoms with E-state index >= 15 is 0 Å². The number of hydrogen-bond acceptors (Lipinski definition) is 4. The van der Waals surface area contributed by atoms with E-state index in [4.69, 9.17) is 9.47 Å². The molecule has 1 saturated heterocycles. The normalized spacial score (nSPS) is 16.1. The number of aliphatic imine (C=N–C) groups is 1. The van der Waals surface area contributed by atoms with Crippen LogP contribution in [0.25, 0.3) is 0 Å². The van der Waals surface area contributed by atoms with E-state index in [0.29, 0.717) is 6.54 Å². The highest BCUT2D eigenvalue weighted by atomic mass is 16.5. The molecule has 1 heterocycles. The van der Waals surface area contributed by atoms with Crippen molar-refractivity contribution in [3.63, 3.8) is 0 Å². The molecule has 0 radical (unpaired) electrons. The van der Waals surface area contributed by atoms with Gasteiger partial charge in [-0.15, -0.1) is 0 Å². The Morgan fingerprint density at radius 1 is 1.26 bits per heavy atom. The molecule has 1 aromatic carbocycles. The summed E-state index contributed by atoms with van der Waals surface area (Å²) in [5.74, 6) is 1.62. The summed E-state index contributed by atoms with van der Waals surface area (Å²) in [7, 11) is 4.89. The molecule has 0 spiro atoms. The molecule has 0 unspecified atom stereocenters. The molecule has 2 rings (SSSR count). The van der Waals surface area contributed by atoms with Gasteiger partial charge in [-0.1, -0.05) is 12.1 Å². The van der Waals surface area contributed by atoms with E-state index in [-0.39, 0.29) is 11.9 Å². The fourth-order valence-electron chi connectivity index (χ4n) is 2.75. The average Bonchev–Trinajstić information content (AvgIpc) is 2.62. The van der Waals surface area contributed by atoms with Gasteiger partial charge in [-0.3, -0.25) is 9.79 Å². The summed E-state index contributed by atoms with van der Waals surface area (Å²) in [6.07, 6.45) is 1.60. The van der Waals surface area contributed by atoms with E-state index in [1.165, 1.54) is 7.11 Å². The molecule has 1 aliphatic heterocycles. The quantitative estimate of drug-likeness (QED) is 0.519. The van der Waals surface area contributed by atoms with Gasteiger partial charge in [-0.2, -0.15) is 0 Å². The van der Waals surface area contributed by atoms with Crippen molar-refractivity contribution in [1.82, 2.24) is 10.2 Å². The Morgan fingerprint density at radius 2 is 1.91 bits per heavy atom. The number of nitrogens with one attached hydrogen (secondary N) is 1.